The van der Waals surface area contributed by atoms with Crippen molar-refractivity contribution in [3.63, 3.8) is 0 Å². The number of anilines is 2. The van der Waals surface area contributed by atoms with E-state index in [0.29, 0.717) is 30.2 Å². The minimum Gasteiger partial charge on any atom is -0.482 e. The van der Waals surface area contributed by atoms with Crippen molar-refractivity contribution in [3.05, 3.63) is 54.1 Å². The Kier molecular flexibility index (Phi) is 7.80. The fourth-order valence-corrected chi connectivity index (χ4v) is 4.50. The summed E-state index contributed by atoms with van der Waals surface area (Å²) in [7, 11) is 4.01. The highest BCUT2D eigenvalue weighted by Gasteiger charge is 2.22. The van der Waals surface area contributed by atoms with E-state index in [0.717, 1.165) is 54.5 Å². The van der Waals surface area contributed by atoms with Gasteiger partial charge in [0.15, 0.2) is 6.61 Å². The largest absolute Gasteiger partial charge is 0.482 e. The molecule has 4 rings (SSSR count). The number of nitrogens with zero attached hydrogens (tertiary/aromatic N) is 3. The Morgan fingerprint density at radius 1 is 1.06 bits per heavy atom. The molecule has 0 bridgehead atoms. The van der Waals surface area contributed by atoms with E-state index in [1.54, 1.807) is 0 Å². The Bertz CT molecular complexity index is 1110. The van der Waals surface area contributed by atoms with Gasteiger partial charge in [0.05, 0.1) is 5.52 Å². The summed E-state index contributed by atoms with van der Waals surface area (Å²) in [6, 6.07) is 16.1. The molecule has 3 N–H and O–H groups in total. The van der Waals surface area contributed by atoms with Crippen LogP contribution >= 0.6 is 0 Å². The highest BCUT2D eigenvalue weighted by Crippen LogP contribution is 2.28. The number of benzene rings is 2. The van der Waals surface area contributed by atoms with Crippen molar-refractivity contribution in [1.29, 1.82) is 0 Å². The number of hydrogen-bond donors (Lipinski definition) is 3. The van der Waals surface area contributed by atoms with Crippen molar-refractivity contribution in [2.24, 2.45) is 5.92 Å². The number of carbonyl (C=O) groups is 1. The topological polar surface area (TPSA) is 99.6 Å². The molecule has 0 radical (unpaired) electrons. The lowest BCUT2D eigenvalue weighted by Crippen LogP contribution is -2.31. The summed E-state index contributed by atoms with van der Waals surface area (Å²) >= 11 is 0. The minimum absolute atomic E-state index is 0.328. The quantitative estimate of drug-likeness (QED) is 0.416. The van der Waals surface area contributed by atoms with Crippen LogP contribution in [-0.4, -0.2) is 54.3 Å². The molecule has 1 fully saturated rings. The number of aliphatic carboxylic acids is 1. The number of aromatic nitrogens is 2. The summed E-state index contributed by atoms with van der Waals surface area (Å²) in [6.07, 6.45) is 4.43. The molecular weight excluding hydrogens is 430 g/mol. The highest BCUT2D eigenvalue weighted by atomic mass is 16.5. The van der Waals surface area contributed by atoms with E-state index >= 15 is 0 Å². The highest BCUT2D eigenvalue weighted by molar-refractivity contribution is 5.90. The molecular formula is C26H33N5O3. The molecule has 1 heterocycles. The Morgan fingerprint density at radius 2 is 1.79 bits per heavy atom. The number of para-hydroxylation sites is 2. The van der Waals surface area contributed by atoms with Gasteiger partial charge in [0, 0.05) is 37.6 Å². The molecule has 8 heteroatoms. The normalized spacial score (nSPS) is 17.9. The average Bonchev–Trinajstić information content (AvgIpc) is 2.84. The molecule has 0 unspecified atom stereocenters. The van der Waals surface area contributed by atoms with Crippen molar-refractivity contribution in [2.75, 3.05) is 37.5 Å². The number of carboxylic acid groups (broad SMARTS) is 1. The van der Waals surface area contributed by atoms with Crippen molar-refractivity contribution in [3.8, 4) is 5.75 Å². The predicted octanol–water partition coefficient (Wildman–Crippen LogP) is 3.92. The van der Waals surface area contributed by atoms with Gasteiger partial charge in [-0.25, -0.2) is 9.78 Å². The van der Waals surface area contributed by atoms with E-state index in [-0.39, 0.29) is 6.61 Å². The summed E-state index contributed by atoms with van der Waals surface area (Å²) in [5.41, 5.74) is 1.93. The first-order chi connectivity index (χ1) is 16.5. The Labute approximate surface area is 200 Å². The average molecular weight is 464 g/mol. The number of hydrogen-bond acceptors (Lipinski definition) is 7. The summed E-state index contributed by atoms with van der Waals surface area (Å²) in [5, 5.41) is 17.0. The van der Waals surface area contributed by atoms with E-state index < -0.39 is 5.97 Å². The first kappa shape index (κ1) is 23.8. The Balaban J connectivity index is 1.27. The van der Waals surface area contributed by atoms with Crippen LogP contribution in [0.2, 0.25) is 0 Å². The molecule has 0 amide bonds. The molecule has 0 aliphatic heterocycles. The lowest BCUT2D eigenvalue weighted by Gasteiger charge is -2.29. The molecule has 0 saturated heterocycles. The molecule has 8 nitrogen and oxygen atoms in total. The molecule has 1 aliphatic carbocycles. The van der Waals surface area contributed by atoms with Crippen molar-refractivity contribution >= 4 is 28.6 Å². The lowest BCUT2D eigenvalue weighted by atomic mass is 9.86. The third-order valence-electron chi connectivity index (χ3n) is 6.26. The van der Waals surface area contributed by atoms with Gasteiger partial charge in [-0.05, 0) is 56.3 Å². The molecule has 0 spiro atoms. The van der Waals surface area contributed by atoms with Crippen LogP contribution in [-0.2, 0) is 11.3 Å². The Hall–Kier alpha value is -3.39. The fourth-order valence-electron chi connectivity index (χ4n) is 4.50. The molecule has 1 saturated carbocycles. The van der Waals surface area contributed by atoms with Gasteiger partial charge < -0.3 is 25.4 Å². The van der Waals surface area contributed by atoms with Gasteiger partial charge in [0.25, 0.3) is 0 Å². The van der Waals surface area contributed by atoms with Gasteiger partial charge in [0.2, 0.25) is 5.95 Å². The second kappa shape index (κ2) is 11.2. The second-order valence-corrected chi connectivity index (χ2v) is 9.07. The van der Waals surface area contributed by atoms with Crippen LogP contribution in [0.5, 0.6) is 5.75 Å². The van der Waals surface area contributed by atoms with Crippen LogP contribution in [0.1, 0.15) is 31.2 Å². The number of ether oxygens (including phenoxy) is 1. The zero-order valence-electron chi connectivity index (χ0n) is 19.8. The molecule has 0 atom stereocenters. The smallest absolute Gasteiger partial charge is 0.341 e. The van der Waals surface area contributed by atoms with E-state index in [2.05, 4.69) is 16.7 Å². The number of carboxylic acids is 1. The monoisotopic (exact) mass is 463 g/mol. The van der Waals surface area contributed by atoms with Gasteiger partial charge >= 0.3 is 5.97 Å². The van der Waals surface area contributed by atoms with Crippen LogP contribution in [0.3, 0.4) is 0 Å². The standard InChI is InChI=1S/C26H33N5O3/c1-31(2)25-21-8-4-5-9-22(21)29-26(30-25)28-20-13-11-18(12-14-20)15-27-16-19-7-3-6-10-23(19)34-17-24(32)33/h3-10,18,20,27H,11-17H2,1-2H3,(H,32,33)(H,28,29,30). The first-order valence-corrected chi connectivity index (χ1v) is 11.8. The summed E-state index contributed by atoms with van der Waals surface area (Å²) < 4.78 is 5.40. The van der Waals surface area contributed by atoms with Crippen LogP contribution in [0.4, 0.5) is 11.8 Å². The predicted molar refractivity (Wildman–Crippen MR) is 135 cm³/mol. The zero-order valence-corrected chi connectivity index (χ0v) is 19.8. The number of fused-ring (bicyclic) bond motifs is 1. The maximum absolute atomic E-state index is 10.8. The maximum atomic E-state index is 10.8. The second-order valence-electron chi connectivity index (χ2n) is 9.07. The molecule has 2 aromatic carbocycles. The molecule has 180 valence electrons. The van der Waals surface area contributed by atoms with Gasteiger partial charge in [0.1, 0.15) is 11.6 Å². The lowest BCUT2D eigenvalue weighted by molar-refractivity contribution is -0.139. The third kappa shape index (κ3) is 6.14. The van der Waals surface area contributed by atoms with Crippen molar-refractivity contribution in [2.45, 2.75) is 38.3 Å². The Morgan fingerprint density at radius 3 is 2.56 bits per heavy atom. The van der Waals surface area contributed by atoms with E-state index in [9.17, 15) is 4.79 Å². The van der Waals surface area contributed by atoms with E-state index in [1.165, 1.54) is 0 Å². The van der Waals surface area contributed by atoms with Gasteiger partial charge in [-0.15, -0.1) is 0 Å². The van der Waals surface area contributed by atoms with Gasteiger partial charge in [-0.1, -0.05) is 30.3 Å². The number of rotatable bonds is 10. The summed E-state index contributed by atoms with van der Waals surface area (Å²) in [4.78, 5) is 22.3. The van der Waals surface area contributed by atoms with Crippen LogP contribution in [0, 0.1) is 5.92 Å². The third-order valence-corrected chi connectivity index (χ3v) is 6.26. The fraction of sp³-hybridized carbons (Fsp3) is 0.423. The first-order valence-electron chi connectivity index (χ1n) is 11.8. The van der Waals surface area contributed by atoms with Crippen molar-refractivity contribution in [1.82, 2.24) is 15.3 Å². The maximum Gasteiger partial charge on any atom is 0.341 e. The van der Waals surface area contributed by atoms with Crippen LogP contribution in [0.25, 0.3) is 10.9 Å². The van der Waals surface area contributed by atoms with Gasteiger partial charge in [-0.2, -0.15) is 4.98 Å². The molecule has 1 aliphatic rings. The van der Waals surface area contributed by atoms with E-state index in [1.807, 2.05) is 61.5 Å². The summed E-state index contributed by atoms with van der Waals surface area (Å²) in [6.45, 7) is 1.26. The zero-order chi connectivity index (χ0) is 23.9. The molecule has 1 aromatic heterocycles. The van der Waals surface area contributed by atoms with E-state index in [4.69, 9.17) is 19.8 Å². The van der Waals surface area contributed by atoms with Crippen LogP contribution in [0.15, 0.2) is 48.5 Å². The van der Waals surface area contributed by atoms with Crippen molar-refractivity contribution < 1.29 is 14.6 Å². The van der Waals surface area contributed by atoms with Gasteiger partial charge in [-0.3, -0.25) is 0 Å². The van der Waals surface area contributed by atoms with Crippen LogP contribution < -0.4 is 20.3 Å². The number of nitrogens with one attached hydrogen (secondary N) is 2. The molecule has 34 heavy (non-hydrogen) atoms. The summed E-state index contributed by atoms with van der Waals surface area (Å²) in [5.74, 6) is 1.89. The molecule has 3 aromatic rings. The SMILES string of the molecule is CN(C)c1nc(NC2CCC(CNCc3ccccc3OCC(=O)O)CC2)nc2ccccc12. The minimum atomic E-state index is -0.972.